The molecule has 1 atom stereocenters. The van der Waals surface area contributed by atoms with Gasteiger partial charge in [0.05, 0.1) is 5.56 Å². The number of carbonyl (C=O) groups excluding carboxylic acids is 1. The molecule has 3 rings (SSSR count). The largest absolute Gasteiger partial charge is 0.336 e. The van der Waals surface area contributed by atoms with Gasteiger partial charge in [-0.05, 0) is 57.7 Å². The zero-order valence-corrected chi connectivity index (χ0v) is 17.5. The van der Waals surface area contributed by atoms with Crippen LogP contribution in [-0.4, -0.2) is 83.4 Å². The fraction of sp³-hybridized carbons (Fsp3) is 0.500. The van der Waals surface area contributed by atoms with Gasteiger partial charge in [-0.25, -0.2) is 14.4 Å². The molecule has 1 aromatic carbocycles. The lowest BCUT2D eigenvalue weighted by atomic mass is 10.0. The Morgan fingerprint density at radius 3 is 2.62 bits per heavy atom. The monoisotopic (exact) mass is 399 g/mol. The van der Waals surface area contributed by atoms with Gasteiger partial charge in [0.2, 0.25) is 0 Å². The molecule has 156 valence electrons. The first-order valence-electron chi connectivity index (χ1n) is 10.2. The van der Waals surface area contributed by atoms with Crippen molar-refractivity contribution in [3.05, 3.63) is 48.3 Å². The number of rotatable bonds is 8. The Morgan fingerprint density at radius 2 is 1.97 bits per heavy atom. The topological polar surface area (TPSA) is 52.6 Å². The molecule has 0 radical (unpaired) electrons. The Hall–Kier alpha value is -2.38. The number of halogens is 1. The van der Waals surface area contributed by atoms with Crippen molar-refractivity contribution in [1.82, 2.24) is 24.7 Å². The van der Waals surface area contributed by atoms with Crippen molar-refractivity contribution >= 4 is 5.91 Å². The summed E-state index contributed by atoms with van der Waals surface area (Å²) in [6.45, 7) is 6.14. The zero-order chi connectivity index (χ0) is 20.8. The quantitative estimate of drug-likeness (QED) is 0.683. The molecule has 0 spiro atoms. The Balaban J connectivity index is 1.80. The molecule has 6 nitrogen and oxygen atoms in total. The Morgan fingerprint density at radius 1 is 1.21 bits per heavy atom. The molecule has 0 bridgehead atoms. The smallest absolute Gasteiger partial charge is 0.256 e. The Labute approximate surface area is 172 Å². The van der Waals surface area contributed by atoms with Crippen LogP contribution < -0.4 is 0 Å². The maximum absolute atomic E-state index is 14.9. The average Bonchev–Trinajstić information content (AvgIpc) is 3.18. The highest BCUT2D eigenvalue weighted by molar-refractivity contribution is 5.95. The molecule has 7 heteroatoms. The molecule has 29 heavy (non-hydrogen) atoms. The van der Waals surface area contributed by atoms with E-state index in [0.29, 0.717) is 24.7 Å². The van der Waals surface area contributed by atoms with E-state index in [-0.39, 0.29) is 11.5 Å². The second kappa shape index (κ2) is 9.89. The molecule has 1 unspecified atom stereocenters. The van der Waals surface area contributed by atoms with Gasteiger partial charge in [0, 0.05) is 43.6 Å². The predicted molar refractivity (Wildman–Crippen MR) is 112 cm³/mol. The SMILES string of the molecule is CCN1CCCC1CN(CCN(C)C)C(=O)c1ccc(-c2cncnc2)cc1F. The minimum atomic E-state index is -0.509. The molecule has 1 aliphatic rings. The van der Waals surface area contributed by atoms with Crippen LogP contribution in [0.5, 0.6) is 0 Å². The lowest BCUT2D eigenvalue weighted by molar-refractivity contribution is 0.0690. The van der Waals surface area contributed by atoms with Crippen LogP contribution in [0.1, 0.15) is 30.1 Å². The lowest BCUT2D eigenvalue weighted by Gasteiger charge is -2.31. The van der Waals surface area contributed by atoms with Crippen molar-refractivity contribution in [2.45, 2.75) is 25.8 Å². The molecule has 1 aromatic heterocycles. The minimum Gasteiger partial charge on any atom is -0.336 e. The van der Waals surface area contributed by atoms with Gasteiger partial charge in [-0.1, -0.05) is 13.0 Å². The normalized spacial score (nSPS) is 17.1. The van der Waals surface area contributed by atoms with Crippen LogP contribution in [0.25, 0.3) is 11.1 Å². The maximum Gasteiger partial charge on any atom is 0.256 e. The van der Waals surface area contributed by atoms with Crippen LogP contribution in [0.2, 0.25) is 0 Å². The van der Waals surface area contributed by atoms with Crippen LogP contribution >= 0.6 is 0 Å². The number of likely N-dealkylation sites (N-methyl/N-ethyl adjacent to an activating group) is 2. The van der Waals surface area contributed by atoms with E-state index < -0.39 is 5.82 Å². The Bertz CT molecular complexity index is 814. The van der Waals surface area contributed by atoms with E-state index in [4.69, 9.17) is 0 Å². The number of hydrogen-bond acceptors (Lipinski definition) is 5. The fourth-order valence-electron chi connectivity index (χ4n) is 3.86. The number of likely N-dealkylation sites (tertiary alicyclic amines) is 1. The number of hydrogen-bond donors (Lipinski definition) is 0. The standard InChI is InChI=1S/C22H30FN5O/c1-4-27-9-5-6-19(27)15-28(11-10-26(2)3)22(29)20-8-7-17(12-21(20)23)18-13-24-16-25-14-18/h7-8,12-14,16,19H,4-6,9-11,15H2,1-3H3. The van der Waals surface area contributed by atoms with Gasteiger partial charge >= 0.3 is 0 Å². The van der Waals surface area contributed by atoms with E-state index in [1.165, 1.54) is 12.4 Å². The van der Waals surface area contributed by atoms with Crippen molar-refractivity contribution in [2.24, 2.45) is 0 Å². The number of carbonyl (C=O) groups is 1. The van der Waals surface area contributed by atoms with Crippen LogP contribution in [0.4, 0.5) is 4.39 Å². The summed E-state index contributed by atoms with van der Waals surface area (Å²) < 4.78 is 14.9. The van der Waals surface area contributed by atoms with Gasteiger partial charge in [0.1, 0.15) is 12.1 Å². The third-order valence-corrected chi connectivity index (χ3v) is 5.53. The van der Waals surface area contributed by atoms with Gasteiger partial charge in [-0.15, -0.1) is 0 Å². The van der Waals surface area contributed by atoms with Crippen LogP contribution in [0, 0.1) is 5.82 Å². The number of amides is 1. The van der Waals surface area contributed by atoms with Crippen LogP contribution in [0.15, 0.2) is 36.9 Å². The highest BCUT2D eigenvalue weighted by atomic mass is 19.1. The van der Waals surface area contributed by atoms with E-state index in [9.17, 15) is 9.18 Å². The van der Waals surface area contributed by atoms with Crippen LogP contribution in [0.3, 0.4) is 0 Å². The second-order valence-corrected chi connectivity index (χ2v) is 7.80. The molecule has 0 aliphatic carbocycles. The molecule has 0 saturated carbocycles. The summed E-state index contributed by atoms with van der Waals surface area (Å²) in [5.41, 5.74) is 1.50. The maximum atomic E-state index is 14.9. The van der Waals surface area contributed by atoms with Crippen molar-refractivity contribution < 1.29 is 9.18 Å². The fourth-order valence-corrected chi connectivity index (χ4v) is 3.86. The van der Waals surface area contributed by atoms with Crippen LogP contribution in [-0.2, 0) is 0 Å². The van der Waals surface area contributed by atoms with Gasteiger partial charge in [0.25, 0.3) is 5.91 Å². The summed E-state index contributed by atoms with van der Waals surface area (Å²) >= 11 is 0. The average molecular weight is 400 g/mol. The van der Waals surface area contributed by atoms with Gasteiger partial charge in [-0.3, -0.25) is 9.69 Å². The zero-order valence-electron chi connectivity index (χ0n) is 17.5. The first-order chi connectivity index (χ1) is 14.0. The highest BCUT2D eigenvalue weighted by Gasteiger charge is 2.28. The molecule has 0 N–H and O–H groups in total. The molecule has 1 amide bonds. The number of nitrogens with zero attached hydrogens (tertiary/aromatic N) is 5. The molecule has 2 heterocycles. The highest BCUT2D eigenvalue weighted by Crippen LogP contribution is 2.23. The summed E-state index contributed by atoms with van der Waals surface area (Å²) in [4.78, 5) is 27.4. The number of aromatic nitrogens is 2. The first kappa shape index (κ1) is 21.3. The molecule has 1 aliphatic heterocycles. The molecule has 2 aromatic rings. The van der Waals surface area contributed by atoms with E-state index >= 15 is 0 Å². The molecule has 1 saturated heterocycles. The van der Waals surface area contributed by atoms with Crippen molar-refractivity contribution in [3.63, 3.8) is 0 Å². The van der Waals surface area contributed by atoms with Gasteiger partial charge in [-0.2, -0.15) is 0 Å². The summed E-state index contributed by atoms with van der Waals surface area (Å²) in [5.74, 6) is -0.756. The van der Waals surface area contributed by atoms with E-state index in [0.717, 1.165) is 38.0 Å². The lowest BCUT2D eigenvalue weighted by Crippen LogP contribution is -2.45. The first-order valence-corrected chi connectivity index (χ1v) is 10.2. The minimum absolute atomic E-state index is 0.116. The summed E-state index contributed by atoms with van der Waals surface area (Å²) in [5, 5.41) is 0. The van der Waals surface area contributed by atoms with Gasteiger partial charge in [0.15, 0.2) is 0 Å². The van der Waals surface area contributed by atoms with Crippen molar-refractivity contribution in [1.29, 1.82) is 0 Å². The van der Waals surface area contributed by atoms with Crippen molar-refractivity contribution in [3.8, 4) is 11.1 Å². The van der Waals surface area contributed by atoms with Crippen molar-refractivity contribution in [2.75, 3.05) is 46.8 Å². The molecule has 1 fully saturated rings. The second-order valence-electron chi connectivity index (χ2n) is 7.80. The third kappa shape index (κ3) is 5.36. The van der Waals surface area contributed by atoms with E-state index in [1.54, 1.807) is 24.5 Å². The van der Waals surface area contributed by atoms with E-state index in [1.807, 2.05) is 23.9 Å². The Kier molecular flexibility index (Phi) is 7.28. The predicted octanol–water partition coefficient (Wildman–Crippen LogP) is 2.77. The van der Waals surface area contributed by atoms with E-state index in [2.05, 4.69) is 21.8 Å². The number of benzene rings is 1. The molecular weight excluding hydrogens is 369 g/mol. The molecular formula is C22H30FN5O. The summed E-state index contributed by atoms with van der Waals surface area (Å²) in [6, 6.07) is 5.07. The summed E-state index contributed by atoms with van der Waals surface area (Å²) in [7, 11) is 3.96. The third-order valence-electron chi connectivity index (χ3n) is 5.53. The van der Waals surface area contributed by atoms with Gasteiger partial charge < -0.3 is 9.80 Å². The summed E-state index contributed by atoms with van der Waals surface area (Å²) in [6.07, 6.45) is 6.92.